The van der Waals surface area contributed by atoms with E-state index in [-0.39, 0.29) is 41.0 Å². The van der Waals surface area contributed by atoms with Crippen LogP contribution in [0.4, 0.5) is 26.3 Å². The largest absolute Gasteiger partial charge is 0.479 e. The van der Waals surface area contributed by atoms with Gasteiger partial charge in [-0.25, -0.2) is 33.9 Å². The van der Waals surface area contributed by atoms with E-state index in [0.717, 1.165) is 56.5 Å². The molecule has 33 heteroatoms. The van der Waals surface area contributed by atoms with E-state index in [2.05, 4.69) is 79.4 Å². The molecule has 5 rings (SSSR count). The lowest BCUT2D eigenvalue weighted by Crippen LogP contribution is -2.39. The Kier molecular flexibility index (Phi) is 43.0. The van der Waals surface area contributed by atoms with Crippen LogP contribution < -0.4 is 33.6 Å². The number of likely N-dealkylation sites (N-methyl/N-ethyl adjacent to an activating group) is 2. The number of aryl methyl sites for hydroxylation is 2. The fourth-order valence-corrected chi connectivity index (χ4v) is 5.98. The van der Waals surface area contributed by atoms with Crippen LogP contribution in [0, 0.1) is 0 Å². The second-order valence-corrected chi connectivity index (χ2v) is 19.7. The van der Waals surface area contributed by atoms with E-state index < -0.39 is 77.7 Å². The summed E-state index contributed by atoms with van der Waals surface area (Å²) in [6.07, 6.45) is -6.56. The first kappa shape index (κ1) is 86.9. The van der Waals surface area contributed by atoms with Crippen molar-refractivity contribution >= 4 is 54.1 Å². The van der Waals surface area contributed by atoms with Gasteiger partial charge in [0.05, 0.1) is 52.6 Å². The molecule has 0 bridgehead atoms. The molecule has 0 saturated heterocycles. The summed E-state index contributed by atoms with van der Waals surface area (Å²) in [4.78, 5) is 90.3. The third kappa shape index (κ3) is 38.7. The van der Waals surface area contributed by atoms with Gasteiger partial charge in [0.1, 0.15) is 0 Å². The molecule has 3 aromatic carbocycles. The Morgan fingerprint density at radius 3 is 1.07 bits per heavy atom. The fourth-order valence-electron chi connectivity index (χ4n) is 5.98. The van der Waals surface area contributed by atoms with E-state index >= 15 is 0 Å². The lowest BCUT2D eigenvalue weighted by molar-refractivity contribution is -0.165. The maximum atomic E-state index is 12.2. The molecule has 0 spiro atoms. The number of hydrogen-bond acceptors (Lipinski definition) is 19. The predicted molar refractivity (Wildman–Crippen MR) is 325 cm³/mol. The Bertz CT molecular complexity index is 2770. The number of primary amides is 2. The van der Waals surface area contributed by atoms with Crippen molar-refractivity contribution in [2.75, 3.05) is 34.7 Å². The number of carboxylic acids is 5. The molecule has 0 saturated carbocycles. The number of amides is 2. The topological polar surface area (TPSA) is 447 Å². The Hall–Kier alpha value is -8.34. The number of alkyl halides is 6. The molecule has 26 nitrogen and oxygen atoms in total. The molecule has 5 aromatic rings. The quantitative estimate of drug-likeness (QED) is 0.0402. The van der Waals surface area contributed by atoms with Crippen molar-refractivity contribution in [3.63, 3.8) is 0 Å². The number of hydrogen-bond donors (Lipinski definition) is 13. The molecule has 0 unspecified atom stereocenters. The first-order valence-corrected chi connectivity index (χ1v) is 27.0. The number of aromatic nitrogens is 4. The number of halogens is 7. The number of carbonyl (C=O) groups excluding carboxylic acids is 2. The van der Waals surface area contributed by atoms with Crippen LogP contribution in [0.25, 0.3) is 0 Å². The molecule has 0 aliphatic carbocycles. The predicted octanol–water partition coefficient (Wildman–Crippen LogP) is 4.43. The van der Waals surface area contributed by atoms with Gasteiger partial charge >= 0.3 is 42.2 Å². The van der Waals surface area contributed by atoms with E-state index in [4.69, 9.17) is 52.9 Å². The SMILES string of the molecule is CN[C@@H](C)CCc1cnc(C(F)(F)F)cn1.CN[C@@H](C)CCc1cnc(C(F)(F)F)cn1.C[C@@H](C(N)=O)N(C)Cc1ccccc1.C[C@@H](CN)N(C)Cc1ccccc1.C[C@H](N)C(N)=O.Cl.O=C(O)[C@H](O)[C@@H](O)C(=O)O.O=C(O)c1cc(C(=O)O)cc(C(=O)O)c1. The monoisotopic (exact) mass is 1320 g/mol. The van der Waals surface area contributed by atoms with Crippen molar-refractivity contribution in [1.82, 2.24) is 40.4 Å². The van der Waals surface area contributed by atoms with Gasteiger partial charge in [0.15, 0.2) is 23.6 Å². The van der Waals surface area contributed by atoms with E-state index in [1.807, 2.05) is 83.2 Å². The molecule has 91 heavy (non-hydrogen) atoms. The number of rotatable bonds is 23. The van der Waals surface area contributed by atoms with Gasteiger partial charge in [-0.3, -0.25) is 29.4 Å². The Balaban J connectivity index is -0.00000101. The molecule has 0 aliphatic rings. The first-order chi connectivity index (χ1) is 41.7. The summed E-state index contributed by atoms with van der Waals surface area (Å²) >= 11 is 0. The molecule has 0 radical (unpaired) electrons. The number of carbonyl (C=O) groups is 7. The molecule has 2 heterocycles. The maximum Gasteiger partial charge on any atom is 0.434 e. The third-order valence-corrected chi connectivity index (χ3v) is 12.3. The van der Waals surface area contributed by atoms with Gasteiger partial charge in [-0.2, -0.15) is 26.3 Å². The molecule has 7 atom stereocenters. The summed E-state index contributed by atoms with van der Waals surface area (Å²) < 4.78 is 73.1. The standard InChI is InChI=1S/C11H16N2O.C11H18N2.2C10H14F3N3.C9H6O6.C4H6O6.C3H8N2O.ClH/c1-9(11(12)14)13(2)8-10-6-4-3-5-7-10;1-10(8-12)13(2)9-11-6-4-3-5-7-11;2*1-7(14-2)3-4-8-5-16-9(6-15-8)10(11,12)13;10-7(11)4-1-5(8(12)13)3-6(2-4)9(14)15;5-1(3(7)8)2(6)4(9)10;1-2(4)3(5)6;/h3-7,9H,8H2,1-2H3,(H2,12,14);3-7,10H,8-9,12H2,1-2H3;2*5-7,14H,3-4H2,1-2H3;1-3H,(H,10,11)(H,12,13)(H,14,15);1-2,5-6H,(H,7,8)(H,9,10);2H,4H2,1H3,(H2,5,6);1H/t9-;10-;2*7-;;1-,2-;2-;/m0000.10./s1. The number of aliphatic hydroxyl groups excluding tert-OH is 2. The number of aromatic carboxylic acids is 3. The average Bonchev–Trinajstić information content (AvgIpc) is 1.32. The summed E-state index contributed by atoms with van der Waals surface area (Å²) in [5.41, 5.74) is 21.1. The highest BCUT2D eigenvalue weighted by Gasteiger charge is 2.34. The van der Waals surface area contributed by atoms with Gasteiger partial charge in [-0.15, -0.1) is 12.4 Å². The highest BCUT2D eigenvalue weighted by molar-refractivity contribution is 5.99. The smallest absolute Gasteiger partial charge is 0.434 e. The number of nitrogens with zero attached hydrogens (tertiary/aromatic N) is 6. The van der Waals surface area contributed by atoms with Crippen LogP contribution in [0.15, 0.2) is 104 Å². The molecule has 2 amide bonds. The van der Waals surface area contributed by atoms with Gasteiger partial charge in [0.25, 0.3) is 0 Å². The van der Waals surface area contributed by atoms with E-state index in [1.165, 1.54) is 23.5 Å². The lowest BCUT2D eigenvalue weighted by atomic mass is 10.1. The summed E-state index contributed by atoms with van der Waals surface area (Å²) in [6, 6.07) is 23.5. The number of nitrogens with one attached hydrogen (secondary N) is 2. The van der Waals surface area contributed by atoms with Gasteiger partial charge in [0, 0.05) is 50.2 Å². The van der Waals surface area contributed by atoms with Crippen molar-refractivity contribution in [2.24, 2.45) is 22.9 Å². The van der Waals surface area contributed by atoms with Crippen molar-refractivity contribution in [1.29, 1.82) is 0 Å². The van der Waals surface area contributed by atoms with Crippen molar-refractivity contribution in [3.05, 3.63) is 154 Å². The van der Waals surface area contributed by atoms with Crippen LogP contribution in [0.5, 0.6) is 0 Å². The maximum absolute atomic E-state index is 12.2. The minimum Gasteiger partial charge on any atom is -0.479 e. The molecule has 0 fully saturated rings. The van der Waals surface area contributed by atoms with Gasteiger partial charge in [-0.1, -0.05) is 60.7 Å². The first-order valence-electron chi connectivity index (χ1n) is 27.0. The summed E-state index contributed by atoms with van der Waals surface area (Å²) in [5, 5.41) is 64.4. The second-order valence-electron chi connectivity index (χ2n) is 19.7. The van der Waals surface area contributed by atoms with Crippen molar-refractivity contribution in [2.45, 2.75) is 128 Å². The van der Waals surface area contributed by atoms with Crippen LogP contribution in [-0.4, -0.2) is 184 Å². The van der Waals surface area contributed by atoms with Crippen molar-refractivity contribution < 1.29 is 95.6 Å². The number of carboxylic acid groups (broad SMARTS) is 5. The van der Waals surface area contributed by atoms with Crippen LogP contribution >= 0.6 is 12.4 Å². The highest BCUT2D eigenvalue weighted by Crippen LogP contribution is 2.27. The Morgan fingerprint density at radius 2 is 0.846 bits per heavy atom. The van der Waals surface area contributed by atoms with Crippen LogP contribution in [-0.2, 0) is 57.5 Å². The Morgan fingerprint density at radius 1 is 0.538 bits per heavy atom. The molecule has 508 valence electrons. The van der Waals surface area contributed by atoms with Gasteiger partial charge < -0.3 is 69.3 Å². The van der Waals surface area contributed by atoms with Gasteiger partial charge in [-0.05, 0) is 118 Å². The fraction of sp³-hybridized carbons (Fsp3) is 0.431. The zero-order valence-electron chi connectivity index (χ0n) is 51.5. The minimum atomic E-state index is -4.41. The van der Waals surface area contributed by atoms with Gasteiger partial charge in [0.2, 0.25) is 11.8 Å². The molecule has 17 N–H and O–H groups in total. The minimum absolute atomic E-state index is 0. The lowest BCUT2D eigenvalue weighted by Gasteiger charge is -2.23. The number of aliphatic hydroxyl groups is 2. The zero-order valence-corrected chi connectivity index (χ0v) is 52.3. The number of benzene rings is 3. The van der Waals surface area contributed by atoms with E-state index in [9.17, 15) is 59.9 Å². The van der Waals surface area contributed by atoms with Crippen LogP contribution in [0.3, 0.4) is 0 Å². The Labute approximate surface area is 528 Å². The average molecular weight is 1320 g/mol. The normalized spacial score (nSPS) is 12.9. The third-order valence-electron chi connectivity index (χ3n) is 12.3. The molecule has 2 aromatic heterocycles. The summed E-state index contributed by atoms with van der Waals surface area (Å²) in [7, 11) is 7.67. The molecule has 0 aliphatic heterocycles. The summed E-state index contributed by atoms with van der Waals surface area (Å²) in [6.45, 7) is 11.9. The second kappa shape index (κ2) is 45.0. The summed E-state index contributed by atoms with van der Waals surface area (Å²) in [5.74, 6) is -8.41. The van der Waals surface area contributed by atoms with Crippen LogP contribution in [0.1, 0.15) is 112 Å². The highest BCUT2D eigenvalue weighted by atomic mass is 35.5. The van der Waals surface area contributed by atoms with E-state index in [0.29, 0.717) is 48.9 Å². The van der Waals surface area contributed by atoms with Crippen LogP contribution in [0.2, 0.25) is 0 Å². The number of aliphatic carboxylic acids is 2. The molecular weight excluding hydrogens is 1240 g/mol. The van der Waals surface area contributed by atoms with Crippen molar-refractivity contribution in [3.8, 4) is 0 Å². The number of nitrogens with two attached hydrogens (primary N) is 4. The molecular formula is C58H83ClF6N12O14. The zero-order chi connectivity index (χ0) is 69.6. The van der Waals surface area contributed by atoms with E-state index in [1.54, 1.807) is 6.92 Å².